The molecule has 2 aromatic carbocycles. The number of thiocarbonyl (C=S) groups is 1. The summed E-state index contributed by atoms with van der Waals surface area (Å²) < 4.78 is 16.8. The Bertz CT molecular complexity index is 708. The average Bonchev–Trinajstić information content (AvgIpc) is 2.55. The van der Waals surface area contributed by atoms with Crippen molar-refractivity contribution < 1.29 is 14.2 Å². The van der Waals surface area contributed by atoms with Gasteiger partial charge in [-0.3, -0.25) is 0 Å². The molecule has 2 rings (SSSR count). The van der Waals surface area contributed by atoms with Crippen molar-refractivity contribution in [1.82, 2.24) is 0 Å². The van der Waals surface area contributed by atoms with Crippen LogP contribution < -0.4 is 19.9 Å². The number of hydrogen-bond donors (Lipinski definition) is 1. The van der Waals surface area contributed by atoms with Gasteiger partial charge < -0.3 is 19.9 Å². The molecule has 0 aliphatic carbocycles. The maximum absolute atomic E-state index is 6.25. The summed E-state index contributed by atoms with van der Waals surface area (Å²) in [5, 5.41) is 1.04. The molecule has 0 spiro atoms. The van der Waals surface area contributed by atoms with E-state index in [0.717, 1.165) is 0 Å². The number of benzene rings is 2. The first kappa shape index (κ1) is 18.6. The highest BCUT2D eigenvalue weighted by Crippen LogP contribution is 2.36. The molecule has 0 fully saturated rings. The normalized spacial score (nSPS) is 10.3. The van der Waals surface area contributed by atoms with Crippen LogP contribution in [0, 0.1) is 0 Å². The van der Waals surface area contributed by atoms with Gasteiger partial charge in [0.1, 0.15) is 24.0 Å². The molecule has 24 heavy (non-hydrogen) atoms. The van der Waals surface area contributed by atoms with Crippen LogP contribution in [-0.2, 0) is 0 Å². The van der Waals surface area contributed by atoms with Crippen LogP contribution in [-0.4, -0.2) is 24.8 Å². The highest BCUT2D eigenvalue weighted by Gasteiger charge is 2.14. The zero-order valence-corrected chi connectivity index (χ0v) is 15.4. The van der Waals surface area contributed by atoms with Gasteiger partial charge in [-0.15, -0.1) is 0 Å². The molecule has 0 aromatic heterocycles. The van der Waals surface area contributed by atoms with Crippen LogP contribution in [0.3, 0.4) is 0 Å². The standard InChI is InChI=1S/C17H17Cl2NO3S/c1-2-21-15-10-11(17(20)24)9-14(19)16(15)23-8-7-22-13-5-3-12(18)4-6-13/h3-6,9-10H,2,7-8H2,1H3,(H2,20,24). The molecule has 2 N–H and O–H groups in total. The summed E-state index contributed by atoms with van der Waals surface area (Å²) in [4.78, 5) is 0.246. The van der Waals surface area contributed by atoms with Gasteiger partial charge in [-0.1, -0.05) is 35.4 Å². The van der Waals surface area contributed by atoms with Gasteiger partial charge >= 0.3 is 0 Å². The maximum Gasteiger partial charge on any atom is 0.179 e. The lowest BCUT2D eigenvalue weighted by atomic mass is 10.2. The molecule has 0 unspecified atom stereocenters. The lowest BCUT2D eigenvalue weighted by Crippen LogP contribution is -2.12. The number of nitrogens with two attached hydrogens (primary N) is 1. The zero-order chi connectivity index (χ0) is 17.5. The van der Waals surface area contributed by atoms with Crippen molar-refractivity contribution >= 4 is 40.4 Å². The second kappa shape index (κ2) is 8.97. The fourth-order valence-corrected chi connectivity index (χ4v) is 2.46. The van der Waals surface area contributed by atoms with E-state index >= 15 is 0 Å². The van der Waals surface area contributed by atoms with E-state index in [9.17, 15) is 0 Å². The number of hydrogen-bond acceptors (Lipinski definition) is 4. The molecule has 128 valence electrons. The monoisotopic (exact) mass is 385 g/mol. The highest BCUT2D eigenvalue weighted by molar-refractivity contribution is 7.80. The van der Waals surface area contributed by atoms with Gasteiger partial charge in [0.15, 0.2) is 11.5 Å². The fourth-order valence-electron chi connectivity index (χ4n) is 1.95. The van der Waals surface area contributed by atoms with E-state index in [1.165, 1.54) is 0 Å². The minimum absolute atomic E-state index is 0.246. The predicted octanol–water partition coefficient (Wildman–Crippen LogP) is 4.48. The van der Waals surface area contributed by atoms with Crippen molar-refractivity contribution in [3.63, 3.8) is 0 Å². The molecule has 0 radical (unpaired) electrons. The van der Waals surface area contributed by atoms with Crippen LogP contribution in [0.4, 0.5) is 0 Å². The first-order valence-corrected chi connectivity index (χ1v) is 8.45. The SMILES string of the molecule is CCOc1cc(C(N)=S)cc(Cl)c1OCCOc1ccc(Cl)cc1. The Labute approximate surface area is 156 Å². The van der Waals surface area contributed by atoms with Crippen molar-refractivity contribution in [2.45, 2.75) is 6.92 Å². The molecule has 2 aromatic rings. The Morgan fingerprint density at radius 2 is 1.71 bits per heavy atom. The molecule has 4 nitrogen and oxygen atoms in total. The minimum atomic E-state index is 0.246. The van der Waals surface area contributed by atoms with Crippen molar-refractivity contribution in [3.05, 3.63) is 52.0 Å². The maximum atomic E-state index is 6.25. The van der Waals surface area contributed by atoms with Crippen molar-refractivity contribution in [1.29, 1.82) is 0 Å². The van der Waals surface area contributed by atoms with Gasteiger partial charge in [0.2, 0.25) is 0 Å². The molecular formula is C17H17Cl2NO3S. The fraction of sp³-hybridized carbons (Fsp3) is 0.235. The Balaban J connectivity index is 2.00. The third-order valence-electron chi connectivity index (χ3n) is 3.01. The Hall–Kier alpha value is -1.69. The second-order valence-corrected chi connectivity index (χ2v) is 6.02. The molecule has 0 aliphatic heterocycles. The zero-order valence-electron chi connectivity index (χ0n) is 13.1. The minimum Gasteiger partial charge on any atom is -0.490 e. The van der Waals surface area contributed by atoms with E-state index in [1.807, 2.05) is 6.92 Å². The number of halogens is 2. The Morgan fingerprint density at radius 3 is 2.33 bits per heavy atom. The highest BCUT2D eigenvalue weighted by atomic mass is 35.5. The summed E-state index contributed by atoms with van der Waals surface area (Å²) >= 11 is 17.0. The quantitative estimate of drug-likeness (QED) is 0.535. The van der Waals surface area contributed by atoms with Gasteiger partial charge in [0.05, 0.1) is 11.6 Å². The first-order valence-electron chi connectivity index (χ1n) is 7.28. The summed E-state index contributed by atoms with van der Waals surface area (Å²) in [5.41, 5.74) is 6.27. The summed E-state index contributed by atoms with van der Waals surface area (Å²) in [6.45, 7) is 2.99. The van der Waals surface area contributed by atoms with Crippen molar-refractivity contribution in [2.24, 2.45) is 5.73 Å². The van der Waals surface area contributed by atoms with E-state index < -0.39 is 0 Å². The summed E-state index contributed by atoms with van der Waals surface area (Å²) in [7, 11) is 0. The van der Waals surface area contributed by atoms with Crippen LogP contribution in [0.25, 0.3) is 0 Å². The van der Waals surface area contributed by atoms with E-state index in [4.69, 9.17) is 55.4 Å². The molecule has 0 saturated carbocycles. The van der Waals surface area contributed by atoms with E-state index in [1.54, 1.807) is 36.4 Å². The van der Waals surface area contributed by atoms with Gasteiger partial charge in [-0.05, 0) is 43.3 Å². The lowest BCUT2D eigenvalue weighted by Gasteiger charge is -2.15. The third-order valence-corrected chi connectivity index (χ3v) is 3.77. The van der Waals surface area contributed by atoms with Gasteiger partial charge in [0, 0.05) is 10.6 Å². The molecule has 0 saturated heterocycles. The summed E-state index contributed by atoms with van der Waals surface area (Å²) in [6, 6.07) is 10.5. The van der Waals surface area contributed by atoms with E-state index in [0.29, 0.717) is 52.7 Å². The molecule has 0 atom stereocenters. The van der Waals surface area contributed by atoms with E-state index in [-0.39, 0.29) is 4.99 Å². The molecule has 0 bridgehead atoms. The predicted molar refractivity (Wildman–Crippen MR) is 101 cm³/mol. The van der Waals surface area contributed by atoms with Gasteiger partial charge in [0.25, 0.3) is 0 Å². The van der Waals surface area contributed by atoms with Crippen LogP contribution in [0.5, 0.6) is 17.2 Å². The summed E-state index contributed by atoms with van der Waals surface area (Å²) in [6.07, 6.45) is 0. The van der Waals surface area contributed by atoms with Gasteiger partial charge in [-0.2, -0.15) is 0 Å². The topological polar surface area (TPSA) is 53.7 Å². The van der Waals surface area contributed by atoms with E-state index in [2.05, 4.69) is 0 Å². The number of ether oxygens (including phenoxy) is 3. The van der Waals surface area contributed by atoms with Crippen LogP contribution in [0.2, 0.25) is 10.0 Å². The first-order chi connectivity index (χ1) is 11.5. The number of rotatable bonds is 8. The average molecular weight is 386 g/mol. The Morgan fingerprint density at radius 1 is 1.04 bits per heavy atom. The van der Waals surface area contributed by atoms with Crippen LogP contribution >= 0.6 is 35.4 Å². The van der Waals surface area contributed by atoms with Crippen LogP contribution in [0.15, 0.2) is 36.4 Å². The largest absolute Gasteiger partial charge is 0.490 e. The van der Waals surface area contributed by atoms with Crippen LogP contribution in [0.1, 0.15) is 12.5 Å². The van der Waals surface area contributed by atoms with Crippen molar-refractivity contribution in [2.75, 3.05) is 19.8 Å². The molecule has 7 heteroatoms. The smallest absolute Gasteiger partial charge is 0.179 e. The molecule has 0 aliphatic rings. The third kappa shape index (κ3) is 5.16. The molecule has 0 heterocycles. The second-order valence-electron chi connectivity index (χ2n) is 4.73. The van der Waals surface area contributed by atoms with Crippen molar-refractivity contribution in [3.8, 4) is 17.2 Å². The lowest BCUT2D eigenvalue weighted by molar-refractivity contribution is 0.208. The molecule has 0 amide bonds. The summed E-state index contributed by atoms with van der Waals surface area (Å²) in [5.74, 6) is 1.65. The molecular weight excluding hydrogens is 369 g/mol. The van der Waals surface area contributed by atoms with Gasteiger partial charge in [-0.25, -0.2) is 0 Å². The Kier molecular flexibility index (Phi) is 6.97.